The van der Waals surface area contributed by atoms with E-state index in [2.05, 4.69) is 27.9 Å². The number of rotatable bonds is 11. The van der Waals surface area contributed by atoms with E-state index in [1.807, 2.05) is 68.4 Å². The van der Waals surface area contributed by atoms with Crippen LogP contribution in [0.5, 0.6) is 0 Å². The fraction of sp³-hybridized carbons (Fsp3) is 0.286. The highest BCUT2D eigenvalue weighted by Crippen LogP contribution is 2.22. The second-order valence-electron chi connectivity index (χ2n) is 8.79. The van der Waals surface area contributed by atoms with Gasteiger partial charge < -0.3 is 10.2 Å². The zero-order valence-electron chi connectivity index (χ0n) is 21.2. The summed E-state index contributed by atoms with van der Waals surface area (Å²) in [5, 5.41) is 2.86. The Kier molecular flexibility index (Phi) is 10.1. The number of carbonyl (C=O) groups is 2. The molecule has 0 bridgehead atoms. The third-order valence-corrected chi connectivity index (χ3v) is 7.88. The monoisotopic (exact) mass is 633 g/mol. The van der Waals surface area contributed by atoms with Crippen LogP contribution in [0.15, 0.2) is 78.9 Å². The van der Waals surface area contributed by atoms with E-state index in [1.165, 1.54) is 4.90 Å². The Morgan fingerprint density at radius 2 is 1.57 bits per heavy atom. The van der Waals surface area contributed by atoms with E-state index >= 15 is 0 Å². The van der Waals surface area contributed by atoms with E-state index in [9.17, 15) is 18.0 Å². The number of anilines is 1. The van der Waals surface area contributed by atoms with Crippen molar-refractivity contribution in [1.82, 2.24) is 10.2 Å². The van der Waals surface area contributed by atoms with Gasteiger partial charge in [0.15, 0.2) is 0 Å². The van der Waals surface area contributed by atoms with Crippen molar-refractivity contribution in [3.63, 3.8) is 0 Å². The predicted octanol–water partition coefficient (Wildman–Crippen LogP) is 4.14. The first-order valence-electron chi connectivity index (χ1n) is 12.0. The highest BCUT2D eigenvalue weighted by molar-refractivity contribution is 14.1. The van der Waals surface area contributed by atoms with Crippen LogP contribution in [-0.2, 0) is 32.6 Å². The molecule has 1 N–H and O–H groups in total. The third kappa shape index (κ3) is 8.03. The summed E-state index contributed by atoms with van der Waals surface area (Å²) in [5.41, 5.74) is 3.16. The van der Waals surface area contributed by atoms with Gasteiger partial charge in [-0.05, 0) is 77.4 Å². The Balaban J connectivity index is 2.04. The molecule has 0 saturated heterocycles. The number of aryl methyl sites for hydroxylation is 1. The maximum absolute atomic E-state index is 13.9. The number of hydrogen-bond acceptors (Lipinski definition) is 4. The molecule has 7 nitrogen and oxygen atoms in total. The van der Waals surface area contributed by atoms with Crippen molar-refractivity contribution in [3.8, 4) is 0 Å². The van der Waals surface area contributed by atoms with E-state index < -0.39 is 28.5 Å². The number of hydrogen-bond donors (Lipinski definition) is 1. The molecular weight excluding hydrogens is 601 g/mol. The minimum atomic E-state index is -3.77. The van der Waals surface area contributed by atoms with Crippen molar-refractivity contribution in [3.05, 3.63) is 99.1 Å². The largest absolute Gasteiger partial charge is 0.355 e. The summed E-state index contributed by atoms with van der Waals surface area (Å²) in [7, 11) is -3.77. The maximum Gasteiger partial charge on any atom is 0.244 e. The zero-order valence-corrected chi connectivity index (χ0v) is 24.2. The SMILES string of the molecule is CCNC(=O)C(Cc1ccccc1)N(Cc1ccccc1C)C(=O)CN(c1ccc(I)cc1)S(C)(=O)=O. The lowest BCUT2D eigenvalue weighted by molar-refractivity contribution is -0.140. The number of sulfonamides is 1. The van der Waals surface area contributed by atoms with Gasteiger partial charge in [0.05, 0.1) is 11.9 Å². The van der Waals surface area contributed by atoms with Gasteiger partial charge in [-0.25, -0.2) is 8.42 Å². The Morgan fingerprint density at radius 1 is 0.946 bits per heavy atom. The van der Waals surface area contributed by atoms with Crippen molar-refractivity contribution < 1.29 is 18.0 Å². The molecular formula is C28H32IN3O4S. The first-order valence-corrected chi connectivity index (χ1v) is 14.9. The lowest BCUT2D eigenvalue weighted by Crippen LogP contribution is -2.53. The molecule has 3 aromatic carbocycles. The van der Waals surface area contributed by atoms with Crippen LogP contribution in [0.3, 0.4) is 0 Å². The van der Waals surface area contributed by atoms with Crippen LogP contribution in [-0.4, -0.2) is 50.5 Å². The number of nitrogens with one attached hydrogen (secondary N) is 1. The average molecular weight is 634 g/mol. The molecule has 0 saturated carbocycles. The Hall–Kier alpha value is -2.92. The molecule has 0 aliphatic heterocycles. The van der Waals surface area contributed by atoms with Crippen molar-refractivity contribution in [2.24, 2.45) is 0 Å². The summed E-state index contributed by atoms with van der Waals surface area (Å²) in [4.78, 5) is 28.8. The van der Waals surface area contributed by atoms with E-state index in [1.54, 1.807) is 24.3 Å². The van der Waals surface area contributed by atoms with E-state index in [0.717, 1.165) is 30.8 Å². The second kappa shape index (κ2) is 13.0. The number of benzene rings is 3. The fourth-order valence-corrected chi connectivity index (χ4v) is 5.25. The average Bonchev–Trinajstić information content (AvgIpc) is 2.86. The predicted molar refractivity (Wildman–Crippen MR) is 156 cm³/mol. The van der Waals surface area contributed by atoms with Gasteiger partial charge in [0.1, 0.15) is 12.6 Å². The van der Waals surface area contributed by atoms with Gasteiger partial charge in [0.2, 0.25) is 21.8 Å². The molecule has 0 heterocycles. The number of likely N-dealkylation sites (N-methyl/N-ethyl adjacent to an activating group) is 1. The lowest BCUT2D eigenvalue weighted by atomic mass is 10.0. The van der Waals surface area contributed by atoms with E-state index in [0.29, 0.717) is 18.7 Å². The summed E-state index contributed by atoms with van der Waals surface area (Å²) < 4.78 is 27.6. The minimum absolute atomic E-state index is 0.171. The summed E-state index contributed by atoms with van der Waals surface area (Å²) >= 11 is 2.14. The van der Waals surface area contributed by atoms with Gasteiger partial charge in [-0.3, -0.25) is 13.9 Å². The smallest absolute Gasteiger partial charge is 0.244 e. The Labute approximate surface area is 233 Å². The van der Waals surface area contributed by atoms with Crippen LogP contribution in [0.2, 0.25) is 0 Å². The van der Waals surface area contributed by atoms with Crippen LogP contribution in [0.25, 0.3) is 0 Å². The van der Waals surface area contributed by atoms with Crippen LogP contribution in [0.1, 0.15) is 23.6 Å². The molecule has 3 aromatic rings. The molecule has 0 aliphatic rings. The molecule has 2 amide bonds. The summed E-state index contributed by atoms with van der Waals surface area (Å²) in [6, 6.07) is 23.3. The van der Waals surface area contributed by atoms with Crippen LogP contribution < -0.4 is 9.62 Å². The van der Waals surface area contributed by atoms with Crippen molar-refractivity contribution in [2.45, 2.75) is 32.9 Å². The molecule has 0 aliphatic carbocycles. The quantitative estimate of drug-likeness (QED) is 0.322. The molecule has 0 aromatic heterocycles. The van der Waals surface area contributed by atoms with Gasteiger partial charge in [0.25, 0.3) is 0 Å². The summed E-state index contributed by atoms with van der Waals surface area (Å²) in [6.45, 7) is 3.94. The Morgan fingerprint density at radius 3 is 2.16 bits per heavy atom. The van der Waals surface area contributed by atoms with Crippen molar-refractivity contribution in [2.75, 3.05) is 23.7 Å². The molecule has 196 valence electrons. The second-order valence-corrected chi connectivity index (χ2v) is 11.9. The number of carbonyl (C=O) groups excluding carboxylic acids is 2. The van der Waals surface area contributed by atoms with Crippen LogP contribution in [0, 0.1) is 10.5 Å². The first-order chi connectivity index (χ1) is 17.6. The number of nitrogens with zero attached hydrogens (tertiary/aromatic N) is 2. The van der Waals surface area contributed by atoms with Crippen LogP contribution >= 0.6 is 22.6 Å². The number of halogens is 1. The normalized spacial score (nSPS) is 12.0. The van der Waals surface area contributed by atoms with Crippen molar-refractivity contribution in [1.29, 1.82) is 0 Å². The number of amides is 2. The van der Waals surface area contributed by atoms with Gasteiger partial charge in [-0.1, -0.05) is 54.6 Å². The minimum Gasteiger partial charge on any atom is -0.355 e. The summed E-state index contributed by atoms with van der Waals surface area (Å²) in [6.07, 6.45) is 1.38. The van der Waals surface area contributed by atoms with Gasteiger partial charge in [-0.15, -0.1) is 0 Å². The van der Waals surface area contributed by atoms with E-state index in [-0.39, 0.29) is 12.5 Å². The van der Waals surface area contributed by atoms with E-state index in [4.69, 9.17) is 0 Å². The third-order valence-electron chi connectivity index (χ3n) is 6.02. The molecule has 1 atom stereocenters. The van der Waals surface area contributed by atoms with Crippen LogP contribution in [0.4, 0.5) is 5.69 Å². The topological polar surface area (TPSA) is 86.8 Å². The highest BCUT2D eigenvalue weighted by Gasteiger charge is 2.33. The molecule has 0 spiro atoms. The molecule has 0 radical (unpaired) electrons. The van der Waals surface area contributed by atoms with Gasteiger partial charge in [0, 0.05) is 23.1 Å². The lowest BCUT2D eigenvalue weighted by Gasteiger charge is -2.33. The highest BCUT2D eigenvalue weighted by atomic mass is 127. The van der Waals surface area contributed by atoms with Gasteiger partial charge in [-0.2, -0.15) is 0 Å². The Bertz CT molecular complexity index is 1310. The fourth-order valence-electron chi connectivity index (χ4n) is 4.04. The standard InChI is InChI=1S/C28H32IN3O4S/c1-4-30-28(34)26(18-22-11-6-5-7-12-22)31(19-23-13-9-8-10-21(23)2)27(33)20-32(37(3,35)36)25-16-14-24(29)15-17-25/h5-17,26H,4,18-20H2,1-3H3,(H,30,34). The molecule has 0 fully saturated rings. The first kappa shape index (κ1) is 28.6. The zero-order chi connectivity index (χ0) is 27.0. The molecule has 9 heteroatoms. The maximum atomic E-state index is 13.9. The van der Waals surface area contributed by atoms with Crippen molar-refractivity contribution >= 4 is 50.1 Å². The summed E-state index contributed by atoms with van der Waals surface area (Å²) in [5.74, 6) is -0.743. The molecule has 37 heavy (non-hydrogen) atoms. The van der Waals surface area contributed by atoms with Gasteiger partial charge >= 0.3 is 0 Å². The molecule has 3 rings (SSSR count). The molecule has 1 unspecified atom stereocenters.